The van der Waals surface area contributed by atoms with E-state index in [1.807, 2.05) is 57.2 Å². The predicted molar refractivity (Wildman–Crippen MR) is 111 cm³/mol. The van der Waals surface area contributed by atoms with Gasteiger partial charge in [-0.25, -0.2) is 0 Å². The largest absolute Gasteiger partial charge is 0.377 e. The first-order valence-corrected chi connectivity index (χ1v) is 9.57. The van der Waals surface area contributed by atoms with Gasteiger partial charge in [-0.15, -0.1) is 0 Å². The molecule has 146 valence electrons. The maximum absolute atomic E-state index is 13.1. The van der Waals surface area contributed by atoms with Crippen LogP contribution >= 0.6 is 11.6 Å². The number of hydrogen-bond donors (Lipinski definition) is 1. The van der Waals surface area contributed by atoms with E-state index in [4.69, 9.17) is 16.3 Å². The van der Waals surface area contributed by atoms with Crippen LogP contribution in [0.1, 0.15) is 25.0 Å². The average molecular weight is 399 g/mol. The predicted octanol–water partition coefficient (Wildman–Crippen LogP) is 4.27. The number of ether oxygens (including phenoxy) is 1. The molecule has 1 aliphatic rings. The lowest BCUT2D eigenvalue weighted by Crippen LogP contribution is -2.35. The van der Waals surface area contributed by atoms with Gasteiger partial charge in [0.2, 0.25) is 0 Å². The lowest BCUT2D eigenvalue weighted by Gasteiger charge is -2.16. The SMILES string of the molecule is Cc1cc(Cl)ccc1NC1=C(c2ccccc2)C(=O)N(CCOC(C)C)C1=O. The average Bonchev–Trinajstić information content (AvgIpc) is 2.88. The number of carbonyl (C=O) groups excluding carboxylic acids is 2. The van der Waals surface area contributed by atoms with E-state index < -0.39 is 0 Å². The number of amides is 2. The molecule has 6 heteroatoms. The van der Waals surface area contributed by atoms with Crippen molar-refractivity contribution in [2.24, 2.45) is 0 Å². The molecule has 1 aliphatic heterocycles. The molecule has 3 rings (SSSR count). The highest BCUT2D eigenvalue weighted by molar-refractivity contribution is 6.36. The van der Waals surface area contributed by atoms with Crippen LogP contribution in [-0.2, 0) is 14.3 Å². The molecule has 0 unspecified atom stereocenters. The molecule has 28 heavy (non-hydrogen) atoms. The highest BCUT2D eigenvalue weighted by Gasteiger charge is 2.39. The van der Waals surface area contributed by atoms with Crippen LogP contribution in [0.3, 0.4) is 0 Å². The number of imide groups is 1. The molecule has 0 saturated carbocycles. The van der Waals surface area contributed by atoms with Crippen molar-refractivity contribution in [1.29, 1.82) is 0 Å². The fourth-order valence-corrected chi connectivity index (χ4v) is 3.28. The van der Waals surface area contributed by atoms with Gasteiger partial charge in [0.25, 0.3) is 11.8 Å². The number of anilines is 1. The quantitative estimate of drug-likeness (QED) is 0.708. The number of nitrogens with zero attached hydrogens (tertiary/aromatic N) is 1. The molecule has 1 heterocycles. The molecule has 2 aromatic carbocycles. The second kappa shape index (κ2) is 8.59. The Labute approximate surface area is 169 Å². The van der Waals surface area contributed by atoms with Crippen LogP contribution in [0.5, 0.6) is 0 Å². The minimum Gasteiger partial charge on any atom is -0.377 e. The Bertz CT molecular complexity index is 923. The zero-order valence-corrected chi connectivity index (χ0v) is 16.9. The minimum absolute atomic E-state index is 0.0312. The Hall–Kier alpha value is -2.63. The van der Waals surface area contributed by atoms with Crippen molar-refractivity contribution in [3.8, 4) is 0 Å². The third-order valence-electron chi connectivity index (χ3n) is 4.44. The third kappa shape index (κ3) is 4.26. The van der Waals surface area contributed by atoms with Crippen LogP contribution in [0.15, 0.2) is 54.2 Å². The van der Waals surface area contributed by atoms with E-state index in [1.54, 1.807) is 12.1 Å². The molecule has 5 nitrogen and oxygen atoms in total. The van der Waals surface area contributed by atoms with E-state index >= 15 is 0 Å². The molecular weight excluding hydrogens is 376 g/mol. The van der Waals surface area contributed by atoms with Crippen molar-refractivity contribution >= 4 is 34.7 Å². The molecule has 2 amide bonds. The summed E-state index contributed by atoms with van der Waals surface area (Å²) in [5, 5.41) is 3.78. The van der Waals surface area contributed by atoms with Crippen molar-refractivity contribution < 1.29 is 14.3 Å². The summed E-state index contributed by atoms with van der Waals surface area (Å²) in [6, 6.07) is 14.6. The summed E-state index contributed by atoms with van der Waals surface area (Å²) in [6.07, 6.45) is 0.0312. The monoisotopic (exact) mass is 398 g/mol. The summed E-state index contributed by atoms with van der Waals surface area (Å²) < 4.78 is 5.53. The maximum Gasteiger partial charge on any atom is 0.278 e. The fraction of sp³-hybridized carbons (Fsp3) is 0.273. The van der Waals surface area contributed by atoms with Gasteiger partial charge in [0.15, 0.2) is 0 Å². The van der Waals surface area contributed by atoms with Gasteiger partial charge in [-0.1, -0.05) is 41.9 Å². The molecule has 0 radical (unpaired) electrons. The summed E-state index contributed by atoms with van der Waals surface area (Å²) in [4.78, 5) is 27.4. The molecule has 0 aliphatic carbocycles. The Morgan fingerprint density at radius 1 is 1.07 bits per heavy atom. The van der Waals surface area contributed by atoms with Crippen LogP contribution < -0.4 is 5.32 Å². The Kier molecular flexibility index (Phi) is 6.17. The van der Waals surface area contributed by atoms with E-state index in [1.165, 1.54) is 4.90 Å². The molecule has 0 spiro atoms. The van der Waals surface area contributed by atoms with E-state index in [-0.39, 0.29) is 30.2 Å². The van der Waals surface area contributed by atoms with Crippen molar-refractivity contribution in [2.75, 3.05) is 18.5 Å². The van der Waals surface area contributed by atoms with Crippen LogP contribution in [0.4, 0.5) is 5.69 Å². The van der Waals surface area contributed by atoms with Crippen molar-refractivity contribution in [3.63, 3.8) is 0 Å². The van der Waals surface area contributed by atoms with Crippen LogP contribution in [-0.4, -0.2) is 36.0 Å². The normalized spacial score (nSPS) is 14.4. The van der Waals surface area contributed by atoms with E-state index in [0.29, 0.717) is 22.8 Å². The Balaban J connectivity index is 1.96. The van der Waals surface area contributed by atoms with E-state index in [0.717, 1.165) is 11.3 Å². The van der Waals surface area contributed by atoms with Crippen molar-refractivity contribution in [1.82, 2.24) is 4.90 Å². The lowest BCUT2D eigenvalue weighted by atomic mass is 10.0. The zero-order chi connectivity index (χ0) is 20.3. The number of halogens is 1. The number of rotatable bonds is 7. The number of nitrogens with one attached hydrogen (secondary N) is 1. The van der Waals surface area contributed by atoms with Gasteiger partial charge in [0, 0.05) is 10.7 Å². The number of aryl methyl sites for hydroxylation is 1. The van der Waals surface area contributed by atoms with Crippen LogP contribution in [0.2, 0.25) is 5.02 Å². The number of carbonyl (C=O) groups is 2. The molecule has 1 N–H and O–H groups in total. The molecule has 0 atom stereocenters. The maximum atomic E-state index is 13.1. The van der Waals surface area contributed by atoms with Gasteiger partial charge in [-0.2, -0.15) is 0 Å². The molecule has 0 bridgehead atoms. The molecule has 2 aromatic rings. The smallest absolute Gasteiger partial charge is 0.278 e. The summed E-state index contributed by atoms with van der Waals surface area (Å²) in [6.45, 7) is 6.23. The van der Waals surface area contributed by atoms with Gasteiger partial charge >= 0.3 is 0 Å². The van der Waals surface area contributed by atoms with Gasteiger partial charge in [0.05, 0.1) is 24.8 Å². The summed E-state index contributed by atoms with van der Waals surface area (Å²) in [5.74, 6) is -0.678. The van der Waals surface area contributed by atoms with Gasteiger partial charge in [-0.3, -0.25) is 14.5 Å². The molecular formula is C22H23ClN2O3. The molecule has 0 aromatic heterocycles. The first kappa shape index (κ1) is 20.1. The third-order valence-corrected chi connectivity index (χ3v) is 4.68. The highest BCUT2D eigenvalue weighted by atomic mass is 35.5. The van der Waals surface area contributed by atoms with Crippen LogP contribution in [0, 0.1) is 6.92 Å². The summed E-state index contributed by atoms with van der Waals surface area (Å²) in [5.41, 5.74) is 2.95. The van der Waals surface area contributed by atoms with Gasteiger partial charge in [-0.05, 0) is 50.1 Å². The Morgan fingerprint density at radius 2 is 1.79 bits per heavy atom. The summed E-state index contributed by atoms with van der Waals surface area (Å²) >= 11 is 6.03. The second-order valence-electron chi connectivity index (χ2n) is 6.88. The van der Waals surface area contributed by atoms with E-state index in [2.05, 4.69) is 5.32 Å². The Morgan fingerprint density at radius 3 is 2.43 bits per heavy atom. The van der Waals surface area contributed by atoms with Crippen molar-refractivity contribution in [2.45, 2.75) is 26.9 Å². The first-order chi connectivity index (χ1) is 13.4. The highest BCUT2D eigenvalue weighted by Crippen LogP contribution is 2.31. The zero-order valence-electron chi connectivity index (χ0n) is 16.2. The fourth-order valence-electron chi connectivity index (χ4n) is 3.05. The van der Waals surface area contributed by atoms with E-state index in [9.17, 15) is 9.59 Å². The van der Waals surface area contributed by atoms with Gasteiger partial charge < -0.3 is 10.1 Å². The topological polar surface area (TPSA) is 58.6 Å². The molecule has 0 fully saturated rings. The van der Waals surface area contributed by atoms with Crippen molar-refractivity contribution in [3.05, 3.63) is 70.4 Å². The molecule has 0 saturated heterocycles. The number of hydrogen-bond acceptors (Lipinski definition) is 4. The summed E-state index contributed by atoms with van der Waals surface area (Å²) in [7, 11) is 0. The minimum atomic E-state index is -0.356. The number of benzene rings is 2. The first-order valence-electron chi connectivity index (χ1n) is 9.19. The second-order valence-corrected chi connectivity index (χ2v) is 7.32. The van der Waals surface area contributed by atoms with Gasteiger partial charge in [0.1, 0.15) is 5.70 Å². The standard InChI is InChI=1S/C22H23ClN2O3/c1-14(2)28-12-11-25-21(26)19(16-7-5-4-6-8-16)20(22(25)27)24-18-10-9-17(23)13-15(18)3/h4-10,13-14,24H,11-12H2,1-3H3. The lowest BCUT2D eigenvalue weighted by molar-refractivity contribution is -0.137. The van der Waals surface area contributed by atoms with Crippen LogP contribution in [0.25, 0.3) is 5.57 Å².